The first kappa shape index (κ1) is 13.5. The standard InChI is InChI=1S/C13H17BrN2O2/c14-12-3-1-2-11(10-12)13(17)18-9-8-16-6-4-15-5-7-16/h1-3,10,15H,4-9H2. The van der Waals surface area contributed by atoms with Gasteiger partial charge in [0, 0.05) is 37.2 Å². The van der Waals surface area contributed by atoms with Crippen LogP contribution >= 0.6 is 15.9 Å². The van der Waals surface area contributed by atoms with Crippen LogP contribution < -0.4 is 5.32 Å². The summed E-state index contributed by atoms with van der Waals surface area (Å²) in [7, 11) is 0. The lowest BCUT2D eigenvalue weighted by Gasteiger charge is -2.26. The quantitative estimate of drug-likeness (QED) is 0.856. The fourth-order valence-corrected chi connectivity index (χ4v) is 2.30. The van der Waals surface area contributed by atoms with Crippen LogP contribution in [0.25, 0.3) is 0 Å². The van der Waals surface area contributed by atoms with Gasteiger partial charge in [0.05, 0.1) is 5.56 Å². The summed E-state index contributed by atoms with van der Waals surface area (Å²) < 4.78 is 6.15. The Labute approximate surface area is 115 Å². The molecule has 2 rings (SSSR count). The van der Waals surface area contributed by atoms with Crippen molar-refractivity contribution < 1.29 is 9.53 Å². The van der Waals surface area contributed by atoms with Crippen molar-refractivity contribution in [2.24, 2.45) is 0 Å². The number of esters is 1. The minimum absolute atomic E-state index is 0.258. The zero-order valence-corrected chi connectivity index (χ0v) is 11.8. The average molecular weight is 313 g/mol. The molecule has 0 aliphatic carbocycles. The van der Waals surface area contributed by atoms with Gasteiger partial charge >= 0.3 is 5.97 Å². The normalized spacial score (nSPS) is 16.5. The molecule has 4 nitrogen and oxygen atoms in total. The van der Waals surface area contributed by atoms with E-state index >= 15 is 0 Å². The zero-order chi connectivity index (χ0) is 12.8. The van der Waals surface area contributed by atoms with Gasteiger partial charge in [-0.15, -0.1) is 0 Å². The Balaban J connectivity index is 1.74. The van der Waals surface area contributed by atoms with E-state index in [1.807, 2.05) is 12.1 Å². The fraction of sp³-hybridized carbons (Fsp3) is 0.462. The molecule has 1 aromatic rings. The van der Waals surface area contributed by atoms with Crippen LogP contribution in [0.1, 0.15) is 10.4 Å². The summed E-state index contributed by atoms with van der Waals surface area (Å²) in [5, 5.41) is 3.29. The number of hydrogen-bond acceptors (Lipinski definition) is 4. The van der Waals surface area contributed by atoms with Crippen LogP contribution in [-0.4, -0.2) is 50.2 Å². The van der Waals surface area contributed by atoms with Crippen LogP contribution in [0, 0.1) is 0 Å². The highest BCUT2D eigenvalue weighted by Crippen LogP contribution is 2.12. The van der Waals surface area contributed by atoms with Crippen LogP contribution in [0.5, 0.6) is 0 Å². The van der Waals surface area contributed by atoms with Crippen molar-refractivity contribution in [2.45, 2.75) is 0 Å². The molecule has 0 spiro atoms. The van der Waals surface area contributed by atoms with E-state index in [4.69, 9.17) is 4.74 Å². The maximum absolute atomic E-state index is 11.8. The topological polar surface area (TPSA) is 41.6 Å². The van der Waals surface area contributed by atoms with Crippen molar-refractivity contribution >= 4 is 21.9 Å². The Bertz CT molecular complexity index is 406. The molecule has 1 heterocycles. The van der Waals surface area contributed by atoms with E-state index in [1.54, 1.807) is 12.1 Å². The third-order valence-electron chi connectivity index (χ3n) is 2.91. The molecule has 98 valence electrons. The van der Waals surface area contributed by atoms with Crippen LogP contribution in [-0.2, 0) is 4.74 Å². The minimum Gasteiger partial charge on any atom is -0.461 e. The maximum Gasteiger partial charge on any atom is 0.338 e. The molecule has 5 heteroatoms. The Morgan fingerprint density at radius 2 is 2.17 bits per heavy atom. The Morgan fingerprint density at radius 3 is 2.89 bits per heavy atom. The van der Waals surface area contributed by atoms with E-state index in [0.29, 0.717) is 12.2 Å². The summed E-state index contributed by atoms with van der Waals surface area (Å²) in [6.45, 7) is 5.33. The third kappa shape index (κ3) is 4.08. The Morgan fingerprint density at radius 1 is 1.39 bits per heavy atom. The predicted octanol–water partition coefficient (Wildman–Crippen LogP) is 1.51. The number of piperazine rings is 1. The lowest BCUT2D eigenvalue weighted by Crippen LogP contribution is -2.44. The van der Waals surface area contributed by atoms with Crippen molar-refractivity contribution in [2.75, 3.05) is 39.3 Å². The van der Waals surface area contributed by atoms with Gasteiger partial charge in [0.25, 0.3) is 0 Å². The second-order valence-corrected chi connectivity index (χ2v) is 5.15. The number of carbonyl (C=O) groups is 1. The van der Waals surface area contributed by atoms with E-state index in [1.165, 1.54) is 0 Å². The van der Waals surface area contributed by atoms with E-state index in [9.17, 15) is 4.79 Å². The van der Waals surface area contributed by atoms with Crippen molar-refractivity contribution in [1.82, 2.24) is 10.2 Å². The largest absolute Gasteiger partial charge is 0.461 e. The first-order valence-corrected chi connectivity index (χ1v) is 6.91. The number of carbonyl (C=O) groups excluding carboxylic acids is 1. The highest BCUT2D eigenvalue weighted by molar-refractivity contribution is 9.10. The van der Waals surface area contributed by atoms with Crippen LogP contribution in [0.15, 0.2) is 28.7 Å². The Kier molecular flexibility index (Phi) is 5.16. The van der Waals surface area contributed by atoms with Gasteiger partial charge in [0.1, 0.15) is 6.61 Å². The van der Waals surface area contributed by atoms with Gasteiger partial charge in [0.2, 0.25) is 0 Å². The Hall–Kier alpha value is -0.910. The van der Waals surface area contributed by atoms with Crippen molar-refractivity contribution in [3.05, 3.63) is 34.3 Å². The lowest BCUT2D eigenvalue weighted by molar-refractivity contribution is 0.0456. The van der Waals surface area contributed by atoms with Gasteiger partial charge in [-0.05, 0) is 18.2 Å². The second-order valence-electron chi connectivity index (χ2n) is 4.24. The molecule has 1 fully saturated rings. The molecule has 0 saturated carbocycles. The molecule has 0 unspecified atom stereocenters. The van der Waals surface area contributed by atoms with Gasteiger partial charge < -0.3 is 10.1 Å². The molecule has 1 aromatic carbocycles. The summed E-state index contributed by atoms with van der Waals surface area (Å²) in [4.78, 5) is 14.1. The molecule has 0 radical (unpaired) electrons. The summed E-state index contributed by atoms with van der Waals surface area (Å²) in [6.07, 6.45) is 0. The first-order valence-electron chi connectivity index (χ1n) is 6.11. The molecule has 0 amide bonds. The summed E-state index contributed by atoms with van der Waals surface area (Å²) in [5.41, 5.74) is 0.588. The average Bonchev–Trinajstić information content (AvgIpc) is 2.40. The number of benzene rings is 1. The predicted molar refractivity (Wildman–Crippen MR) is 73.7 cm³/mol. The molecule has 0 atom stereocenters. The van der Waals surface area contributed by atoms with Crippen LogP contribution in [0.4, 0.5) is 0 Å². The van der Waals surface area contributed by atoms with Crippen molar-refractivity contribution in [3.8, 4) is 0 Å². The number of rotatable bonds is 4. The molecule has 18 heavy (non-hydrogen) atoms. The molecule has 1 saturated heterocycles. The molecule has 0 aromatic heterocycles. The number of ether oxygens (including phenoxy) is 1. The van der Waals surface area contributed by atoms with E-state index in [2.05, 4.69) is 26.1 Å². The molecule has 0 bridgehead atoms. The molecule has 1 aliphatic heterocycles. The highest BCUT2D eigenvalue weighted by atomic mass is 79.9. The van der Waals surface area contributed by atoms with Gasteiger partial charge in [-0.2, -0.15) is 0 Å². The molecular formula is C13H17BrN2O2. The fourth-order valence-electron chi connectivity index (χ4n) is 1.90. The molecule has 1 N–H and O–H groups in total. The first-order chi connectivity index (χ1) is 8.75. The summed E-state index contributed by atoms with van der Waals surface area (Å²) in [6, 6.07) is 7.25. The summed E-state index contributed by atoms with van der Waals surface area (Å²) in [5.74, 6) is -0.258. The van der Waals surface area contributed by atoms with E-state index < -0.39 is 0 Å². The number of halogens is 1. The molecular weight excluding hydrogens is 296 g/mol. The molecule has 1 aliphatic rings. The van der Waals surface area contributed by atoms with Gasteiger partial charge in [-0.3, -0.25) is 4.90 Å². The lowest BCUT2D eigenvalue weighted by atomic mass is 10.2. The monoisotopic (exact) mass is 312 g/mol. The van der Waals surface area contributed by atoms with Gasteiger partial charge in [-0.25, -0.2) is 4.79 Å². The number of hydrogen-bond donors (Lipinski definition) is 1. The number of nitrogens with one attached hydrogen (secondary N) is 1. The maximum atomic E-state index is 11.8. The summed E-state index contributed by atoms with van der Waals surface area (Å²) >= 11 is 3.34. The van der Waals surface area contributed by atoms with Gasteiger partial charge in [-0.1, -0.05) is 22.0 Å². The van der Waals surface area contributed by atoms with Gasteiger partial charge in [0.15, 0.2) is 0 Å². The SMILES string of the molecule is O=C(OCCN1CCNCC1)c1cccc(Br)c1. The number of nitrogens with zero attached hydrogens (tertiary/aromatic N) is 1. The van der Waals surface area contributed by atoms with Crippen LogP contribution in [0.2, 0.25) is 0 Å². The smallest absolute Gasteiger partial charge is 0.338 e. The van der Waals surface area contributed by atoms with E-state index in [-0.39, 0.29) is 5.97 Å². The van der Waals surface area contributed by atoms with Crippen molar-refractivity contribution in [1.29, 1.82) is 0 Å². The zero-order valence-electron chi connectivity index (χ0n) is 10.2. The van der Waals surface area contributed by atoms with E-state index in [0.717, 1.165) is 37.2 Å². The highest BCUT2D eigenvalue weighted by Gasteiger charge is 2.11. The third-order valence-corrected chi connectivity index (χ3v) is 3.40. The minimum atomic E-state index is -0.258. The van der Waals surface area contributed by atoms with Crippen LogP contribution in [0.3, 0.4) is 0 Å². The van der Waals surface area contributed by atoms with Crippen molar-refractivity contribution in [3.63, 3.8) is 0 Å². The second kappa shape index (κ2) is 6.87.